The summed E-state index contributed by atoms with van der Waals surface area (Å²) < 4.78 is 0.827. The molecule has 0 saturated heterocycles. The topological polar surface area (TPSA) is 128 Å². The standard InChI is InChI=1S/C15H10Cl2N8O2/c16-15(17,13-18-20-22-24(13)9-1-5-11(26)6-2-9)14-19-21-23-25(14)10-3-7-12(27)8-4-10/h1-8,26-27H. The number of tetrazole rings is 2. The summed E-state index contributed by atoms with van der Waals surface area (Å²) in [5, 5.41) is 41.8. The highest BCUT2D eigenvalue weighted by molar-refractivity contribution is 6.49. The summed E-state index contributed by atoms with van der Waals surface area (Å²) in [6, 6.07) is 12.3. The molecule has 0 aliphatic heterocycles. The smallest absolute Gasteiger partial charge is 0.240 e. The number of halogens is 2. The lowest BCUT2D eigenvalue weighted by Gasteiger charge is -2.18. The van der Waals surface area contributed by atoms with Crippen LogP contribution in [0.2, 0.25) is 0 Å². The number of aromatic hydroxyl groups is 2. The number of phenols is 2. The maximum Gasteiger partial charge on any atom is 0.240 e. The van der Waals surface area contributed by atoms with Crippen LogP contribution in [0.3, 0.4) is 0 Å². The number of rotatable bonds is 4. The molecule has 2 aromatic heterocycles. The summed E-state index contributed by atoms with van der Waals surface area (Å²) >= 11 is 13.2. The molecule has 0 saturated carbocycles. The Labute approximate surface area is 161 Å². The number of hydrogen-bond donors (Lipinski definition) is 2. The predicted octanol–water partition coefficient (Wildman–Crippen LogP) is 1.73. The molecule has 136 valence electrons. The van der Waals surface area contributed by atoms with Crippen LogP contribution >= 0.6 is 23.2 Å². The van der Waals surface area contributed by atoms with Gasteiger partial charge in [0.25, 0.3) is 0 Å². The van der Waals surface area contributed by atoms with Crippen molar-refractivity contribution in [3.63, 3.8) is 0 Å². The Hall–Kier alpha value is -3.24. The quantitative estimate of drug-likeness (QED) is 0.492. The lowest BCUT2D eigenvalue weighted by atomic mass is 10.2. The van der Waals surface area contributed by atoms with Crippen LogP contribution in [-0.2, 0) is 4.33 Å². The van der Waals surface area contributed by atoms with E-state index in [2.05, 4.69) is 31.1 Å². The Morgan fingerprint density at radius 3 is 1.41 bits per heavy atom. The maximum absolute atomic E-state index is 9.45. The van der Waals surface area contributed by atoms with Crippen LogP contribution in [0.25, 0.3) is 11.4 Å². The Balaban J connectivity index is 1.80. The number of phenolic OH excluding ortho intramolecular Hbond substituents is 2. The molecule has 0 fully saturated rings. The van der Waals surface area contributed by atoms with Crippen LogP contribution in [0.1, 0.15) is 11.6 Å². The zero-order valence-electron chi connectivity index (χ0n) is 13.3. The zero-order valence-corrected chi connectivity index (χ0v) is 14.9. The average molecular weight is 405 g/mol. The molecular weight excluding hydrogens is 395 g/mol. The van der Waals surface area contributed by atoms with Gasteiger partial charge in [-0.1, -0.05) is 23.2 Å². The van der Waals surface area contributed by atoms with Crippen molar-refractivity contribution in [2.75, 3.05) is 0 Å². The molecule has 2 N–H and O–H groups in total. The van der Waals surface area contributed by atoms with E-state index in [1.165, 1.54) is 33.6 Å². The van der Waals surface area contributed by atoms with Gasteiger partial charge in [0.15, 0.2) is 0 Å². The van der Waals surface area contributed by atoms with Crippen molar-refractivity contribution in [3.05, 3.63) is 60.2 Å². The summed E-state index contributed by atoms with van der Waals surface area (Å²) in [5.41, 5.74) is 1.06. The van der Waals surface area contributed by atoms with Crippen molar-refractivity contribution in [1.29, 1.82) is 0 Å². The number of aromatic nitrogens is 8. The molecule has 0 bridgehead atoms. The van der Waals surface area contributed by atoms with Gasteiger partial charge in [-0.2, -0.15) is 9.36 Å². The Kier molecular flexibility index (Phi) is 4.13. The summed E-state index contributed by atoms with van der Waals surface area (Å²) in [6.45, 7) is 0. The monoisotopic (exact) mass is 404 g/mol. The first-order chi connectivity index (χ1) is 13.0. The van der Waals surface area contributed by atoms with E-state index in [1.807, 2.05) is 0 Å². The summed E-state index contributed by atoms with van der Waals surface area (Å²) in [6.07, 6.45) is 0. The van der Waals surface area contributed by atoms with Crippen LogP contribution in [-0.4, -0.2) is 50.6 Å². The molecule has 0 amide bonds. The van der Waals surface area contributed by atoms with Crippen molar-refractivity contribution in [3.8, 4) is 22.9 Å². The third kappa shape index (κ3) is 3.04. The van der Waals surface area contributed by atoms with E-state index in [4.69, 9.17) is 23.2 Å². The summed E-state index contributed by atoms with van der Waals surface area (Å²) in [4.78, 5) is 0. The molecule has 10 nitrogen and oxygen atoms in total. The first-order valence-corrected chi connectivity index (χ1v) is 8.27. The number of benzene rings is 2. The van der Waals surface area contributed by atoms with Crippen molar-refractivity contribution < 1.29 is 10.2 Å². The minimum Gasteiger partial charge on any atom is -0.508 e. The number of hydrogen-bond acceptors (Lipinski definition) is 8. The van der Waals surface area contributed by atoms with E-state index in [0.29, 0.717) is 11.4 Å². The van der Waals surface area contributed by atoms with Gasteiger partial charge in [-0.25, -0.2) is 0 Å². The summed E-state index contributed by atoms with van der Waals surface area (Å²) in [7, 11) is 0. The summed E-state index contributed by atoms with van der Waals surface area (Å²) in [5.74, 6) is 0.304. The van der Waals surface area contributed by atoms with Gasteiger partial charge in [0.1, 0.15) is 11.5 Å². The Bertz CT molecular complexity index is 990. The predicted molar refractivity (Wildman–Crippen MR) is 94.1 cm³/mol. The van der Waals surface area contributed by atoms with Gasteiger partial charge < -0.3 is 10.2 Å². The van der Waals surface area contributed by atoms with Gasteiger partial charge in [0.2, 0.25) is 16.0 Å². The highest BCUT2D eigenvalue weighted by Crippen LogP contribution is 2.39. The largest absolute Gasteiger partial charge is 0.508 e. The van der Waals surface area contributed by atoms with Gasteiger partial charge in [-0.05, 0) is 69.4 Å². The van der Waals surface area contributed by atoms with E-state index in [1.54, 1.807) is 24.3 Å². The van der Waals surface area contributed by atoms with Gasteiger partial charge >= 0.3 is 0 Å². The zero-order chi connectivity index (χ0) is 19.0. The third-order valence-corrected chi connectivity index (χ3v) is 4.37. The van der Waals surface area contributed by atoms with E-state index in [0.717, 1.165) is 0 Å². The Morgan fingerprint density at radius 2 is 1.04 bits per heavy atom. The normalized spacial score (nSPS) is 11.6. The second-order valence-electron chi connectivity index (χ2n) is 5.44. The first-order valence-electron chi connectivity index (χ1n) is 7.51. The van der Waals surface area contributed by atoms with Gasteiger partial charge in [-0.15, -0.1) is 10.2 Å². The first kappa shape index (κ1) is 17.2. The van der Waals surface area contributed by atoms with Crippen molar-refractivity contribution in [2.45, 2.75) is 4.33 Å². The molecule has 12 heteroatoms. The molecule has 0 aliphatic carbocycles. The van der Waals surface area contributed by atoms with Crippen LogP contribution in [0.4, 0.5) is 0 Å². The van der Waals surface area contributed by atoms with Crippen molar-refractivity contribution in [1.82, 2.24) is 40.4 Å². The molecule has 2 aromatic carbocycles. The highest BCUT2D eigenvalue weighted by atomic mass is 35.5. The fourth-order valence-corrected chi connectivity index (χ4v) is 2.87. The lowest BCUT2D eigenvalue weighted by molar-refractivity contribution is 0.474. The molecule has 2 heterocycles. The SMILES string of the molecule is Oc1ccc(-n2nnnc2C(Cl)(Cl)c2nnnn2-c2ccc(O)cc2)cc1. The van der Waals surface area contributed by atoms with Crippen LogP contribution in [0.5, 0.6) is 11.5 Å². The van der Waals surface area contributed by atoms with E-state index < -0.39 is 4.33 Å². The molecule has 0 unspecified atom stereocenters. The minimum absolute atomic E-state index is 0.0614. The Morgan fingerprint density at radius 1 is 0.667 bits per heavy atom. The van der Waals surface area contributed by atoms with Crippen LogP contribution < -0.4 is 0 Å². The van der Waals surface area contributed by atoms with Gasteiger partial charge in [0, 0.05) is 0 Å². The van der Waals surface area contributed by atoms with Crippen LogP contribution in [0, 0.1) is 0 Å². The molecular formula is C15H10Cl2N8O2. The fourth-order valence-electron chi connectivity index (χ4n) is 2.40. The molecule has 4 rings (SSSR count). The molecule has 27 heavy (non-hydrogen) atoms. The van der Waals surface area contributed by atoms with Crippen molar-refractivity contribution >= 4 is 23.2 Å². The van der Waals surface area contributed by atoms with Crippen LogP contribution in [0.15, 0.2) is 48.5 Å². The van der Waals surface area contributed by atoms with E-state index in [9.17, 15) is 10.2 Å². The minimum atomic E-state index is -1.80. The van der Waals surface area contributed by atoms with E-state index in [-0.39, 0.29) is 23.1 Å². The van der Waals surface area contributed by atoms with Crippen molar-refractivity contribution in [2.24, 2.45) is 0 Å². The number of nitrogens with zero attached hydrogens (tertiary/aromatic N) is 8. The molecule has 0 atom stereocenters. The van der Waals surface area contributed by atoms with E-state index >= 15 is 0 Å². The second-order valence-corrected chi connectivity index (χ2v) is 6.76. The molecule has 0 radical (unpaired) electrons. The third-order valence-electron chi connectivity index (χ3n) is 3.69. The maximum atomic E-state index is 9.45. The highest BCUT2D eigenvalue weighted by Gasteiger charge is 2.41. The average Bonchev–Trinajstić information content (AvgIpc) is 3.33. The second kappa shape index (κ2) is 6.49. The van der Waals surface area contributed by atoms with Gasteiger partial charge in [0.05, 0.1) is 11.4 Å². The number of alkyl halides is 2. The van der Waals surface area contributed by atoms with Gasteiger partial charge in [-0.3, -0.25) is 0 Å². The fraction of sp³-hybridized carbons (Fsp3) is 0.0667. The molecule has 0 aliphatic rings. The lowest BCUT2D eigenvalue weighted by Crippen LogP contribution is -2.24. The molecule has 0 spiro atoms. The molecule has 4 aromatic rings.